The first-order valence-electron chi connectivity index (χ1n) is 7.86. The summed E-state index contributed by atoms with van der Waals surface area (Å²) in [7, 11) is 1.56. The van der Waals surface area contributed by atoms with E-state index in [0.717, 1.165) is 11.3 Å². The van der Waals surface area contributed by atoms with Gasteiger partial charge in [-0.25, -0.2) is 9.97 Å². The Hall–Kier alpha value is -3.12. The predicted molar refractivity (Wildman–Crippen MR) is 102 cm³/mol. The van der Waals surface area contributed by atoms with Crippen molar-refractivity contribution in [2.45, 2.75) is 6.92 Å². The van der Waals surface area contributed by atoms with E-state index in [2.05, 4.69) is 20.6 Å². The van der Waals surface area contributed by atoms with Gasteiger partial charge in [-0.2, -0.15) is 0 Å². The highest BCUT2D eigenvalue weighted by atomic mass is 35.5. The molecule has 1 aromatic heterocycles. The zero-order chi connectivity index (χ0) is 18.5. The molecule has 0 saturated heterocycles. The van der Waals surface area contributed by atoms with Gasteiger partial charge in [0.25, 0.3) is 5.91 Å². The average Bonchev–Trinajstić information content (AvgIpc) is 2.64. The number of amides is 1. The van der Waals surface area contributed by atoms with E-state index in [9.17, 15) is 4.79 Å². The molecule has 1 heterocycles. The number of aromatic nitrogens is 2. The van der Waals surface area contributed by atoms with Crippen LogP contribution in [-0.4, -0.2) is 23.0 Å². The number of nitrogens with zero attached hydrogens (tertiary/aromatic N) is 2. The Morgan fingerprint density at radius 2 is 1.77 bits per heavy atom. The van der Waals surface area contributed by atoms with Gasteiger partial charge in [-0.1, -0.05) is 29.3 Å². The molecule has 6 nitrogen and oxygen atoms in total. The average molecular weight is 369 g/mol. The minimum atomic E-state index is -0.319. The molecule has 0 saturated carbocycles. The van der Waals surface area contributed by atoms with Crippen LogP contribution in [0, 0.1) is 6.92 Å². The van der Waals surface area contributed by atoms with Gasteiger partial charge in [0.15, 0.2) is 0 Å². The fraction of sp³-hybridized carbons (Fsp3) is 0.105. The lowest BCUT2D eigenvalue weighted by molar-refractivity contribution is 0.102. The number of halogens is 1. The van der Waals surface area contributed by atoms with E-state index in [1.807, 2.05) is 37.3 Å². The number of benzene rings is 2. The number of methoxy groups -OCH3 is 1. The summed E-state index contributed by atoms with van der Waals surface area (Å²) in [5.41, 5.74) is 2.79. The van der Waals surface area contributed by atoms with Crippen LogP contribution in [0.15, 0.2) is 54.9 Å². The van der Waals surface area contributed by atoms with Crippen LogP contribution >= 0.6 is 11.6 Å². The van der Waals surface area contributed by atoms with Crippen LogP contribution in [0.2, 0.25) is 5.02 Å². The van der Waals surface area contributed by atoms with Gasteiger partial charge < -0.3 is 15.4 Å². The first-order chi connectivity index (χ1) is 12.5. The number of carbonyl (C=O) groups excluding carboxylic acids is 1. The normalized spacial score (nSPS) is 10.3. The number of hydrogen-bond donors (Lipinski definition) is 2. The molecule has 3 rings (SSSR count). The highest BCUT2D eigenvalue weighted by molar-refractivity contribution is 6.32. The summed E-state index contributed by atoms with van der Waals surface area (Å²) >= 11 is 6.10. The zero-order valence-corrected chi connectivity index (χ0v) is 15.0. The third-order valence-electron chi connectivity index (χ3n) is 3.62. The molecule has 2 aromatic carbocycles. The lowest BCUT2D eigenvalue weighted by Gasteiger charge is -2.09. The Balaban J connectivity index is 1.67. The number of rotatable bonds is 5. The van der Waals surface area contributed by atoms with Crippen molar-refractivity contribution in [3.63, 3.8) is 0 Å². The Morgan fingerprint density at radius 3 is 2.38 bits per heavy atom. The number of aryl methyl sites for hydroxylation is 1. The molecule has 0 spiro atoms. The number of nitrogens with one attached hydrogen (secondary N) is 2. The summed E-state index contributed by atoms with van der Waals surface area (Å²) in [5.74, 6) is 0.768. The summed E-state index contributed by atoms with van der Waals surface area (Å²) in [5, 5.41) is 6.34. The van der Waals surface area contributed by atoms with Crippen LogP contribution in [-0.2, 0) is 0 Å². The highest BCUT2D eigenvalue weighted by Crippen LogP contribution is 2.28. The number of carbonyl (C=O) groups is 1. The van der Waals surface area contributed by atoms with Crippen molar-refractivity contribution in [1.29, 1.82) is 0 Å². The summed E-state index contributed by atoms with van der Waals surface area (Å²) in [6.07, 6.45) is 2.90. The molecule has 0 unspecified atom stereocenters. The summed E-state index contributed by atoms with van der Waals surface area (Å²) in [4.78, 5) is 20.6. The molecule has 0 atom stereocenters. The number of anilines is 3. The monoisotopic (exact) mass is 368 g/mol. The minimum absolute atomic E-state index is 0.226. The predicted octanol–water partition coefficient (Wildman–Crippen LogP) is 4.44. The van der Waals surface area contributed by atoms with Crippen molar-refractivity contribution in [3.8, 4) is 5.75 Å². The van der Waals surface area contributed by atoms with Crippen LogP contribution in [0.4, 0.5) is 17.2 Å². The molecule has 26 heavy (non-hydrogen) atoms. The van der Waals surface area contributed by atoms with E-state index in [0.29, 0.717) is 22.3 Å². The van der Waals surface area contributed by atoms with Crippen LogP contribution in [0.1, 0.15) is 16.1 Å². The van der Waals surface area contributed by atoms with E-state index in [1.54, 1.807) is 19.2 Å². The van der Waals surface area contributed by atoms with E-state index in [-0.39, 0.29) is 11.6 Å². The summed E-state index contributed by atoms with van der Waals surface area (Å²) in [6.45, 7) is 1.98. The molecule has 0 aliphatic heterocycles. The maximum Gasteiger partial charge on any atom is 0.275 e. The smallest absolute Gasteiger partial charge is 0.275 e. The van der Waals surface area contributed by atoms with Crippen molar-refractivity contribution in [2.75, 3.05) is 17.7 Å². The quantitative estimate of drug-likeness (QED) is 0.696. The molecule has 0 aliphatic carbocycles. The molecule has 0 bridgehead atoms. The fourth-order valence-corrected chi connectivity index (χ4v) is 2.49. The molecule has 0 aliphatic rings. The van der Waals surface area contributed by atoms with Crippen LogP contribution < -0.4 is 15.4 Å². The second kappa shape index (κ2) is 7.84. The van der Waals surface area contributed by atoms with Gasteiger partial charge in [0, 0.05) is 11.4 Å². The molecule has 1 amide bonds. The van der Waals surface area contributed by atoms with Crippen LogP contribution in [0.25, 0.3) is 0 Å². The van der Waals surface area contributed by atoms with Crippen molar-refractivity contribution in [3.05, 3.63) is 71.1 Å². The lowest BCUT2D eigenvalue weighted by atomic mass is 10.2. The first-order valence-corrected chi connectivity index (χ1v) is 8.23. The van der Waals surface area contributed by atoms with Crippen molar-refractivity contribution in [2.24, 2.45) is 0 Å². The van der Waals surface area contributed by atoms with Gasteiger partial charge in [0.05, 0.1) is 24.5 Å². The number of hydrogen-bond acceptors (Lipinski definition) is 5. The SMILES string of the molecule is COc1ccc(Nc2cnc(C(=O)Nc3ccc(C)cc3)cn2)cc1Cl. The van der Waals surface area contributed by atoms with Crippen molar-refractivity contribution >= 4 is 34.7 Å². The molecule has 0 radical (unpaired) electrons. The fourth-order valence-electron chi connectivity index (χ4n) is 2.23. The third-order valence-corrected chi connectivity index (χ3v) is 3.91. The van der Waals surface area contributed by atoms with Gasteiger partial charge in [0.2, 0.25) is 0 Å². The largest absolute Gasteiger partial charge is 0.495 e. The summed E-state index contributed by atoms with van der Waals surface area (Å²) < 4.78 is 5.12. The Kier molecular flexibility index (Phi) is 5.34. The molecular weight excluding hydrogens is 352 g/mol. The Bertz CT molecular complexity index is 912. The zero-order valence-electron chi connectivity index (χ0n) is 14.3. The highest BCUT2D eigenvalue weighted by Gasteiger charge is 2.09. The van der Waals surface area contributed by atoms with Crippen molar-refractivity contribution < 1.29 is 9.53 Å². The summed E-state index contributed by atoms with van der Waals surface area (Å²) in [6, 6.07) is 12.8. The lowest BCUT2D eigenvalue weighted by Crippen LogP contribution is -2.14. The van der Waals surface area contributed by atoms with E-state index < -0.39 is 0 Å². The molecule has 2 N–H and O–H groups in total. The third kappa shape index (κ3) is 4.29. The van der Waals surface area contributed by atoms with Gasteiger partial charge in [-0.3, -0.25) is 4.79 Å². The molecular formula is C19H17ClN4O2. The molecule has 7 heteroatoms. The standard InChI is InChI=1S/C19H17ClN4O2/c1-12-3-5-13(6-4-12)24-19(25)16-10-22-18(11-21-16)23-14-7-8-17(26-2)15(20)9-14/h3-11H,1-2H3,(H,22,23)(H,24,25). The van der Waals surface area contributed by atoms with E-state index in [1.165, 1.54) is 12.4 Å². The van der Waals surface area contributed by atoms with Gasteiger partial charge in [0.1, 0.15) is 17.3 Å². The second-order valence-electron chi connectivity index (χ2n) is 5.58. The van der Waals surface area contributed by atoms with E-state index >= 15 is 0 Å². The van der Waals surface area contributed by atoms with Crippen molar-refractivity contribution in [1.82, 2.24) is 9.97 Å². The maximum atomic E-state index is 12.2. The van der Waals surface area contributed by atoms with Crippen LogP contribution in [0.3, 0.4) is 0 Å². The molecule has 132 valence electrons. The molecule has 3 aromatic rings. The van der Waals surface area contributed by atoms with Crippen LogP contribution in [0.5, 0.6) is 5.75 Å². The second-order valence-corrected chi connectivity index (χ2v) is 5.99. The Labute approximate surface area is 156 Å². The minimum Gasteiger partial charge on any atom is -0.495 e. The van der Waals surface area contributed by atoms with Gasteiger partial charge in [-0.15, -0.1) is 0 Å². The maximum absolute atomic E-state index is 12.2. The van der Waals surface area contributed by atoms with Gasteiger partial charge in [-0.05, 0) is 37.3 Å². The van der Waals surface area contributed by atoms with Gasteiger partial charge >= 0.3 is 0 Å². The van der Waals surface area contributed by atoms with E-state index in [4.69, 9.17) is 16.3 Å². The Morgan fingerprint density at radius 1 is 1.04 bits per heavy atom. The molecule has 0 fully saturated rings. The topological polar surface area (TPSA) is 76.1 Å². The first kappa shape index (κ1) is 17.7. The number of ether oxygens (including phenoxy) is 1.